The van der Waals surface area contributed by atoms with Crippen LogP contribution >= 0.6 is 46.3 Å². The second-order valence-corrected chi connectivity index (χ2v) is 9.94. The zero-order chi connectivity index (χ0) is 20.9. The molecule has 0 saturated carbocycles. The van der Waals surface area contributed by atoms with Gasteiger partial charge in [0.05, 0.1) is 22.8 Å². The predicted octanol–water partition coefficient (Wildman–Crippen LogP) is 5.63. The number of carbonyl (C=O) groups is 1. The Morgan fingerprint density at radius 1 is 1.03 bits per heavy atom. The van der Waals surface area contributed by atoms with E-state index in [2.05, 4.69) is 9.88 Å². The number of para-hydroxylation sites is 1. The highest BCUT2D eigenvalue weighted by Crippen LogP contribution is 2.28. The molecule has 156 valence electrons. The van der Waals surface area contributed by atoms with Gasteiger partial charge in [-0.1, -0.05) is 59.2 Å². The Balaban J connectivity index is 1.26. The predicted molar refractivity (Wildman–Crippen MR) is 127 cm³/mol. The Morgan fingerprint density at radius 3 is 2.50 bits per heavy atom. The fourth-order valence-corrected chi connectivity index (χ4v) is 5.52. The number of aromatic nitrogens is 1. The molecule has 3 aromatic rings. The lowest BCUT2D eigenvalue weighted by Crippen LogP contribution is -2.49. The molecule has 2 aromatic carbocycles. The summed E-state index contributed by atoms with van der Waals surface area (Å²) in [6.45, 7) is 2.97. The molecule has 1 aromatic heterocycles. The Hall–Kier alpha value is -1.73. The molecule has 0 N–H and O–H groups in total. The first-order valence-electron chi connectivity index (χ1n) is 9.67. The van der Waals surface area contributed by atoms with Gasteiger partial charge >= 0.3 is 0 Å². The number of carbonyl (C=O) groups excluding carboxylic acids is 1. The van der Waals surface area contributed by atoms with Gasteiger partial charge in [0, 0.05) is 42.3 Å². The van der Waals surface area contributed by atoms with Gasteiger partial charge in [0.1, 0.15) is 4.34 Å². The molecule has 1 fully saturated rings. The molecular formula is C22H21Cl2N3OS2. The summed E-state index contributed by atoms with van der Waals surface area (Å²) < 4.78 is 0.983. The Morgan fingerprint density at radius 2 is 1.77 bits per heavy atom. The average molecular weight is 478 g/mol. The molecule has 8 heteroatoms. The van der Waals surface area contributed by atoms with E-state index < -0.39 is 0 Å². The molecule has 0 aliphatic carbocycles. The van der Waals surface area contributed by atoms with Crippen LogP contribution in [0.1, 0.15) is 11.3 Å². The van der Waals surface area contributed by atoms with Crippen molar-refractivity contribution in [3.63, 3.8) is 0 Å². The van der Waals surface area contributed by atoms with Gasteiger partial charge in [-0.05, 0) is 29.8 Å². The van der Waals surface area contributed by atoms with Crippen LogP contribution in [0.4, 0.5) is 5.69 Å². The second kappa shape index (κ2) is 10.1. The minimum atomic E-state index is 0.133. The second-order valence-electron chi connectivity index (χ2n) is 7.02. The van der Waals surface area contributed by atoms with E-state index in [4.69, 9.17) is 23.2 Å². The average Bonchev–Trinajstić information content (AvgIpc) is 3.21. The third-order valence-electron chi connectivity index (χ3n) is 4.96. The highest BCUT2D eigenvalue weighted by atomic mass is 35.5. The lowest BCUT2D eigenvalue weighted by atomic mass is 10.2. The van der Waals surface area contributed by atoms with Gasteiger partial charge in [0.2, 0.25) is 5.91 Å². The summed E-state index contributed by atoms with van der Waals surface area (Å²) in [5, 5.41) is 3.48. The van der Waals surface area contributed by atoms with E-state index in [-0.39, 0.29) is 5.91 Å². The first kappa shape index (κ1) is 21.5. The number of rotatable bonds is 6. The number of piperazine rings is 1. The molecule has 2 heterocycles. The third kappa shape index (κ3) is 5.49. The molecule has 4 nitrogen and oxygen atoms in total. The van der Waals surface area contributed by atoms with Crippen LogP contribution < -0.4 is 4.90 Å². The first-order chi connectivity index (χ1) is 14.6. The molecule has 1 aliphatic rings. The number of hydrogen-bond donors (Lipinski definition) is 0. The molecule has 1 amide bonds. The number of amides is 1. The normalized spacial score (nSPS) is 14.2. The lowest BCUT2D eigenvalue weighted by molar-refractivity contribution is -0.130. The van der Waals surface area contributed by atoms with Crippen molar-refractivity contribution in [3.05, 3.63) is 75.2 Å². The smallest absolute Gasteiger partial charge is 0.228 e. The van der Waals surface area contributed by atoms with Gasteiger partial charge in [-0.15, -0.1) is 11.3 Å². The van der Waals surface area contributed by atoms with Crippen LogP contribution in [-0.4, -0.2) is 42.0 Å². The largest absolute Gasteiger partial charge is 0.367 e. The molecule has 30 heavy (non-hydrogen) atoms. The first-order valence-corrected chi connectivity index (χ1v) is 12.3. The molecule has 0 unspecified atom stereocenters. The fraction of sp³-hybridized carbons (Fsp3) is 0.273. The van der Waals surface area contributed by atoms with Crippen molar-refractivity contribution < 1.29 is 4.79 Å². The number of thiazole rings is 1. The summed E-state index contributed by atoms with van der Waals surface area (Å²) in [5.74, 6) is 0.968. The Bertz CT molecular complexity index is 1000. The lowest BCUT2D eigenvalue weighted by Gasteiger charge is -2.36. The number of thioether (sulfide) groups is 1. The van der Waals surface area contributed by atoms with Gasteiger partial charge < -0.3 is 9.80 Å². The van der Waals surface area contributed by atoms with Gasteiger partial charge in [0.15, 0.2) is 0 Å². The topological polar surface area (TPSA) is 36.4 Å². The van der Waals surface area contributed by atoms with Crippen LogP contribution in [0.5, 0.6) is 0 Å². The van der Waals surface area contributed by atoms with E-state index in [9.17, 15) is 4.79 Å². The molecule has 4 rings (SSSR count). The SMILES string of the molecule is O=C(Cc1csc(SCc2ccc(Cl)cc2)n1)N1CCN(c2ccccc2Cl)CC1. The summed E-state index contributed by atoms with van der Waals surface area (Å²) in [6.07, 6.45) is 0.351. The molecule has 1 aliphatic heterocycles. The van der Waals surface area contributed by atoms with Gasteiger partial charge in [0.25, 0.3) is 0 Å². The van der Waals surface area contributed by atoms with Crippen molar-refractivity contribution in [2.45, 2.75) is 16.5 Å². The van der Waals surface area contributed by atoms with Crippen LogP contribution in [0.15, 0.2) is 58.3 Å². The van der Waals surface area contributed by atoms with E-state index >= 15 is 0 Å². The number of hydrogen-bond acceptors (Lipinski definition) is 5. The molecule has 0 spiro atoms. The highest BCUT2D eigenvalue weighted by Gasteiger charge is 2.23. The van der Waals surface area contributed by atoms with Crippen molar-refractivity contribution >= 4 is 57.9 Å². The van der Waals surface area contributed by atoms with Crippen LogP contribution in [0, 0.1) is 0 Å². The van der Waals surface area contributed by atoms with Crippen molar-refractivity contribution in [2.24, 2.45) is 0 Å². The third-order valence-corrected chi connectivity index (χ3v) is 7.68. The number of anilines is 1. The summed E-state index contributed by atoms with van der Waals surface area (Å²) in [6, 6.07) is 15.7. The van der Waals surface area contributed by atoms with Gasteiger partial charge in [-0.2, -0.15) is 0 Å². The van der Waals surface area contributed by atoms with Crippen LogP contribution in [0.2, 0.25) is 10.0 Å². The number of nitrogens with zero attached hydrogens (tertiary/aromatic N) is 3. The van der Waals surface area contributed by atoms with E-state index in [1.807, 2.05) is 58.8 Å². The van der Waals surface area contributed by atoms with E-state index in [1.54, 1.807) is 23.1 Å². The molecule has 1 saturated heterocycles. The number of benzene rings is 2. The molecule has 0 bridgehead atoms. The zero-order valence-corrected chi connectivity index (χ0v) is 19.4. The summed E-state index contributed by atoms with van der Waals surface area (Å²) in [5.41, 5.74) is 3.08. The summed E-state index contributed by atoms with van der Waals surface area (Å²) >= 11 is 15.5. The van der Waals surface area contributed by atoms with E-state index in [1.165, 1.54) is 5.56 Å². The summed E-state index contributed by atoms with van der Waals surface area (Å²) in [4.78, 5) is 21.5. The monoisotopic (exact) mass is 477 g/mol. The quantitative estimate of drug-likeness (QED) is 0.430. The summed E-state index contributed by atoms with van der Waals surface area (Å²) in [7, 11) is 0. The van der Waals surface area contributed by atoms with Gasteiger partial charge in [-0.3, -0.25) is 4.79 Å². The van der Waals surface area contributed by atoms with Crippen molar-refractivity contribution in [2.75, 3.05) is 31.1 Å². The highest BCUT2D eigenvalue weighted by molar-refractivity contribution is 8.00. The fourth-order valence-electron chi connectivity index (χ4n) is 3.33. The van der Waals surface area contributed by atoms with Crippen LogP contribution in [0.25, 0.3) is 0 Å². The maximum absolute atomic E-state index is 12.7. The Kier molecular flexibility index (Phi) is 7.20. The minimum Gasteiger partial charge on any atom is -0.367 e. The van der Waals surface area contributed by atoms with Crippen molar-refractivity contribution in [1.82, 2.24) is 9.88 Å². The van der Waals surface area contributed by atoms with Crippen LogP contribution in [-0.2, 0) is 17.0 Å². The maximum Gasteiger partial charge on any atom is 0.228 e. The molecule has 0 radical (unpaired) electrons. The van der Waals surface area contributed by atoms with Crippen LogP contribution in [0.3, 0.4) is 0 Å². The Labute approximate surface area is 194 Å². The zero-order valence-electron chi connectivity index (χ0n) is 16.3. The molecular weight excluding hydrogens is 457 g/mol. The number of halogens is 2. The van der Waals surface area contributed by atoms with Crippen molar-refractivity contribution in [3.8, 4) is 0 Å². The van der Waals surface area contributed by atoms with E-state index in [0.29, 0.717) is 19.5 Å². The standard InChI is InChI=1S/C22H21Cl2N3OS2/c23-17-7-5-16(6-8-17)14-29-22-25-18(15-30-22)13-21(28)27-11-9-26(10-12-27)20-4-2-1-3-19(20)24/h1-8,15H,9-14H2. The van der Waals surface area contributed by atoms with Crippen molar-refractivity contribution in [1.29, 1.82) is 0 Å². The van der Waals surface area contributed by atoms with Gasteiger partial charge in [-0.25, -0.2) is 4.98 Å². The minimum absolute atomic E-state index is 0.133. The molecule has 0 atom stereocenters. The maximum atomic E-state index is 12.7. The van der Waals surface area contributed by atoms with E-state index in [0.717, 1.165) is 44.6 Å².